The Morgan fingerprint density at radius 2 is 1.67 bits per heavy atom. The molecule has 1 aliphatic rings. The Balaban J connectivity index is 2.47. The molecule has 1 amide bonds. The SMILES string of the molecule is CC(=O)NC(C(C(C)=O)=C1SCCS1)c1ccc(C)cc1. The van der Waals surface area contributed by atoms with E-state index in [1.807, 2.05) is 31.2 Å². The minimum atomic E-state index is -0.367. The number of thioether (sulfide) groups is 2. The van der Waals surface area contributed by atoms with Crippen LogP contribution in [-0.4, -0.2) is 23.2 Å². The fourth-order valence-corrected chi connectivity index (χ4v) is 4.92. The van der Waals surface area contributed by atoms with Crippen LogP contribution in [0.2, 0.25) is 0 Å². The number of benzene rings is 1. The van der Waals surface area contributed by atoms with Gasteiger partial charge in [-0.2, -0.15) is 0 Å². The molecule has 112 valence electrons. The Morgan fingerprint density at radius 3 is 2.14 bits per heavy atom. The van der Waals surface area contributed by atoms with Crippen LogP contribution < -0.4 is 5.32 Å². The molecule has 2 rings (SSSR count). The van der Waals surface area contributed by atoms with Crippen molar-refractivity contribution in [2.75, 3.05) is 11.5 Å². The minimum Gasteiger partial charge on any atom is -0.345 e. The van der Waals surface area contributed by atoms with Gasteiger partial charge in [-0.3, -0.25) is 9.59 Å². The molecule has 21 heavy (non-hydrogen) atoms. The maximum absolute atomic E-state index is 12.2. The van der Waals surface area contributed by atoms with Crippen molar-refractivity contribution in [3.05, 3.63) is 45.2 Å². The molecule has 5 heteroatoms. The predicted octanol–water partition coefficient (Wildman–Crippen LogP) is 3.45. The first-order valence-corrected chi connectivity index (χ1v) is 8.80. The van der Waals surface area contributed by atoms with E-state index in [-0.39, 0.29) is 17.7 Å². The third kappa shape index (κ3) is 4.14. The lowest BCUT2D eigenvalue weighted by Crippen LogP contribution is -2.30. The molecule has 0 radical (unpaired) electrons. The first kappa shape index (κ1) is 16.2. The summed E-state index contributed by atoms with van der Waals surface area (Å²) in [5.74, 6) is 1.91. The molecule has 1 aromatic rings. The number of ketones is 1. The van der Waals surface area contributed by atoms with E-state index in [4.69, 9.17) is 0 Å². The molecule has 1 aliphatic heterocycles. The van der Waals surface area contributed by atoms with Gasteiger partial charge >= 0.3 is 0 Å². The first-order valence-electron chi connectivity index (χ1n) is 6.83. The molecule has 1 fully saturated rings. The number of rotatable bonds is 4. The van der Waals surface area contributed by atoms with E-state index >= 15 is 0 Å². The summed E-state index contributed by atoms with van der Waals surface area (Å²) in [7, 11) is 0. The molecular formula is C16H19NO2S2. The van der Waals surface area contributed by atoms with E-state index in [0.717, 1.165) is 26.9 Å². The molecule has 1 saturated heterocycles. The third-order valence-electron chi connectivity index (χ3n) is 3.20. The van der Waals surface area contributed by atoms with Crippen LogP contribution in [0.25, 0.3) is 0 Å². The van der Waals surface area contributed by atoms with E-state index in [1.54, 1.807) is 30.4 Å². The zero-order chi connectivity index (χ0) is 15.4. The number of carbonyl (C=O) groups excluding carboxylic acids is 2. The zero-order valence-corrected chi connectivity index (χ0v) is 14.1. The van der Waals surface area contributed by atoms with E-state index in [1.165, 1.54) is 6.92 Å². The predicted molar refractivity (Wildman–Crippen MR) is 90.4 cm³/mol. The minimum absolute atomic E-state index is 0.0197. The van der Waals surface area contributed by atoms with Gasteiger partial charge in [-0.15, -0.1) is 23.5 Å². The van der Waals surface area contributed by atoms with Crippen LogP contribution in [0.5, 0.6) is 0 Å². The van der Waals surface area contributed by atoms with Crippen molar-refractivity contribution in [1.82, 2.24) is 5.32 Å². The molecule has 1 unspecified atom stereocenters. The van der Waals surface area contributed by atoms with Gasteiger partial charge in [0.1, 0.15) is 0 Å². The van der Waals surface area contributed by atoms with Crippen molar-refractivity contribution in [1.29, 1.82) is 0 Å². The number of amides is 1. The Morgan fingerprint density at radius 1 is 1.10 bits per heavy atom. The fraction of sp³-hybridized carbons (Fsp3) is 0.375. The summed E-state index contributed by atoms with van der Waals surface area (Å²) in [6, 6.07) is 7.59. The highest BCUT2D eigenvalue weighted by Gasteiger charge is 2.27. The standard InChI is InChI=1S/C16H19NO2S2/c1-10-4-6-13(7-5-10)15(17-12(3)19)14(11(2)18)16-20-8-9-21-16/h4-7,15H,8-9H2,1-3H3,(H,17,19). The summed E-state index contributed by atoms with van der Waals surface area (Å²) in [5, 5.41) is 2.93. The molecule has 0 spiro atoms. The van der Waals surface area contributed by atoms with Gasteiger partial charge in [0.2, 0.25) is 5.91 Å². The Labute approximate surface area is 134 Å². The molecule has 3 nitrogen and oxygen atoms in total. The average molecular weight is 321 g/mol. The van der Waals surface area contributed by atoms with E-state index < -0.39 is 0 Å². The van der Waals surface area contributed by atoms with Gasteiger partial charge in [0.15, 0.2) is 5.78 Å². The van der Waals surface area contributed by atoms with Crippen LogP contribution in [0.4, 0.5) is 0 Å². The van der Waals surface area contributed by atoms with Crippen molar-refractivity contribution in [2.24, 2.45) is 0 Å². The highest BCUT2D eigenvalue weighted by atomic mass is 32.2. The summed E-state index contributed by atoms with van der Waals surface area (Å²) in [6.45, 7) is 5.08. The summed E-state index contributed by atoms with van der Waals surface area (Å²) in [5.41, 5.74) is 2.81. The zero-order valence-electron chi connectivity index (χ0n) is 12.4. The van der Waals surface area contributed by atoms with Gasteiger partial charge in [-0.25, -0.2) is 0 Å². The second-order valence-corrected chi connectivity index (χ2v) is 7.47. The molecule has 0 aliphatic carbocycles. The maximum atomic E-state index is 12.2. The highest BCUT2D eigenvalue weighted by Crippen LogP contribution is 2.42. The molecule has 0 aromatic heterocycles. The summed E-state index contributed by atoms with van der Waals surface area (Å²) < 4.78 is 1.04. The Bertz CT molecular complexity index is 570. The van der Waals surface area contributed by atoms with Crippen LogP contribution in [0.1, 0.15) is 31.0 Å². The van der Waals surface area contributed by atoms with Crippen molar-refractivity contribution >= 4 is 35.2 Å². The fourth-order valence-electron chi connectivity index (χ4n) is 2.22. The van der Waals surface area contributed by atoms with E-state index in [2.05, 4.69) is 5.32 Å². The lowest BCUT2D eigenvalue weighted by atomic mass is 9.96. The number of hydrogen-bond donors (Lipinski definition) is 1. The number of aryl methyl sites for hydroxylation is 1. The second-order valence-electron chi connectivity index (χ2n) is 5.00. The lowest BCUT2D eigenvalue weighted by Gasteiger charge is -2.22. The molecule has 0 bridgehead atoms. The largest absolute Gasteiger partial charge is 0.345 e. The average Bonchev–Trinajstić information content (AvgIpc) is 2.92. The normalized spacial score (nSPS) is 15.7. The van der Waals surface area contributed by atoms with Crippen LogP contribution >= 0.6 is 23.5 Å². The molecule has 1 N–H and O–H groups in total. The van der Waals surface area contributed by atoms with Gasteiger partial charge < -0.3 is 5.32 Å². The number of Topliss-reactive ketones (excluding diaryl/α,β-unsaturated/α-hetero) is 1. The van der Waals surface area contributed by atoms with Crippen molar-refractivity contribution < 1.29 is 9.59 Å². The first-order chi connectivity index (χ1) is 9.99. The Hall–Kier alpha value is -1.20. The van der Waals surface area contributed by atoms with Crippen LogP contribution in [0, 0.1) is 6.92 Å². The van der Waals surface area contributed by atoms with Crippen LogP contribution in [0.15, 0.2) is 34.1 Å². The quantitative estimate of drug-likeness (QED) is 0.863. The van der Waals surface area contributed by atoms with Gasteiger partial charge in [0.25, 0.3) is 0 Å². The van der Waals surface area contributed by atoms with Crippen LogP contribution in [-0.2, 0) is 9.59 Å². The highest BCUT2D eigenvalue weighted by molar-refractivity contribution is 8.25. The number of hydrogen-bond acceptors (Lipinski definition) is 4. The maximum Gasteiger partial charge on any atom is 0.217 e. The molecule has 1 aromatic carbocycles. The van der Waals surface area contributed by atoms with Gasteiger partial charge in [0, 0.05) is 28.2 Å². The van der Waals surface area contributed by atoms with E-state index in [9.17, 15) is 9.59 Å². The van der Waals surface area contributed by atoms with Gasteiger partial charge in [0.05, 0.1) is 6.04 Å². The Kier molecular flexibility index (Phi) is 5.53. The van der Waals surface area contributed by atoms with Crippen LogP contribution in [0.3, 0.4) is 0 Å². The topological polar surface area (TPSA) is 46.2 Å². The van der Waals surface area contributed by atoms with Crippen molar-refractivity contribution in [2.45, 2.75) is 26.8 Å². The molecular weight excluding hydrogens is 302 g/mol. The van der Waals surface area contributed by atoms with Crippen molar-refractivity contribution in [3.8, 4) is 0 Å². The van der Waals surface area contributed by atoms with Gasteiger partial charge in [-0.05, 0) is 19.4 Å². The van der Waals surface area contributed by atoms with Gasteiger partial charge in [-0.1, -0.05) is 29.8 Å². The molecule has 1 heterocycles. The summed E-state index contributed by atoms with van der Waals surface area (Å²) in [6.07, 6.45) is 0. The number of carbonyl (C=O) groups is 2. The smallest absolute Gasteiger partial charge is 0.217 e. The number of nitrogens with one attached hydrogen (secondary N) is 1. The lowest BCUT2D eigenvalue weighted by molar-refractivity contribution is -0.119. The second kappa shape index (κ2) is 7.18. The van der Waals surface area contributed by atoms with Crippen molar-refractivity contribution in [3.63, 3.8) is 0 Å². The summed E-state index contributed by atoms with van der Waals surface area (Å²) >= 11 is 3.40. The molecule has 0 saturated carbocycles. The summed E-state index contributed by atoms with van der Waals surface area (Å²) in [4.78, 5) is 23.7. The van der Waals surface area contributed by atoms with E-state index in [0.29, 0.717) is 5.57 Å². The monoisotopic (exact) mass is 321 g/mol. The third-order valence-corrected chi connectivity index (χ3v) is 5.94. The molecule has 1 atom stereocenters.